The summed E-state index contributed by atoms with van der Waals surface area (Å²) in [6.45, 7) is -6.66. The van der Waals surface area contributed by atoms with Crippen LogP contribution in [0.1, 0.15) is 6.92 Å². The monoisotopic (exact) mass is 624 g/mol. The Morgan fingerprint density at radius 3 is 1.08 bits per heavy atom. The van der Waals surface area contributed by atoms with E-state index in [1.165, 1.54) is 0 Å². The van der Waals surface area contributed by atoms with Gasteiger partial charge in [0, 0.05) is 6.92 Å². The molecule has 0 aliphatic rings. The second kappa shape index (κ2) is 9.01. The molecule has 0 fully saturated rings. The molecule has 0 saturated heterocycles. The summed E-state index contributed by atoms with van der Waals surface area (Å²) in [5, 5.41) is -2.76. The van der Waals surface area contributed by atoms with Crippen molar-refractivity contribution < 1.29 is 74.6 Å². The van der Waals surface area contributed by atoms with E-state index in [0.29, 0.717) is 0 Å². The minimum absolute atomic E-state index is 0.575. The van der Waals surface area contributed by atoms with Crippen molar-refractivity contribution in [3.63, 3.8) is 0 Å². The molecule has 0 aliphatic heterocycles. The van der Waals surface area contributed by atoms with Crippen LogP contribution in [0, 0.1) is 4.77 Å². The van der Waals surface area contributed by atoms with E-state index >= 15 is 0 Å². The predicted octanol–water partition coefficient (Wildman–Crippen LogP) is 7.63. The fraction of sp³-hybridized carbons (Fsp3) is 0.786. The van der Waals surface area contributed by atoms with Gasteiger partial charge >= 0.3 is 47.6 Å². The molecule has 1 aromatic rings. The van der Waals surface area contributed by atoms with Crippen molar-refractivity contribution in [3.05, 3.63) is 4.77 Å². The highest BCUT2D eigenvalue weighted by molar-refractivity contribution is 7.83. The van der Waals surface area contributed by atoms with Crippen molar-refractivity contribution >= 4 is 37.5 Å². The average molecular weight is 624 g/mol. The summed E-state index contributed by atoms with van der Waals surface area (Å²) in [4.78, 5) is 0. The fourth-order valence-electron chi connectivity index (χ4n) is 2.36. The number of halogens is 17. The van der Waals surface area contributed by atoms with Crippen LogP contribution in [0.3, 0.4) is 0 Å². The Morgan fingerprint density at radius 2 is 0.833 bits per heavy atom. The first kappa shape index (κ1) is 33.0. The highest BCUT2D eigenvalue weighted by Gasteiger charge is 2.82. The molecule has 0 atom stereocenters. The maximum absolute atomic E-state index is 14.0. The van der Waals surface area contributed by atoms with Crippen molar-refractivity contribution in [2.45, 2.75) is 77.7 Å². The van der Waals surface area contributed by atoms with E-state index < -0.39 is 91.6 Å². The van der Waals surface area contributed by atoms with Crippen molar-refractivity contribution in [2.75, 3.05) is 0 Å². The van der Waals surface area contributed by atoms with Gasteiger partial charge in [-0.1, -0.05) is 0 Å². The molecule has 0 radical (unpaired) electrons. The first-order valence-electron chi connectivity index (χ1n) is 8.35. The van der Waals surface area contributed by atoms with Crippen molar-refractivity contribution in [1.29, 1.82) is 0 Å². The first-order chi connectivity index (χ1) is 15.4. The van der Waals surface area contributed by atoms with E-state index in [4.69, 9.17) is 0 Å². The molecule has 1 aromatic heterocycles. The van der Waals surface area contributed by atoms with Gasteiger partial charge in [0.25, 0.3) is 0 Å². The van der Waals surface area contributed by atoms with Gasteiger partial charge in [0.15, 0.2) is 4.77 Å². The Hall–Kier alpha value is -1.06. The molecule has 212 valence electrons. The third kappa shape index (κ3) is 4.89. The minimum atomic E-state index is -7.36. The number of aromatic nitrogens is 2. The Kier molecular flexibility index (Phi) is 8.25. The molecule has 2 nitrogen and oxygen atoms in total. The molecule has 1 rings (SSSR count). The number of alkyl halides is 17. The van der Waals surface area contributed by atoms with Gasteiger partial charge in [-0.25, -0.2) is 0 Å². The van der Waals surface area contributed by atoms with Crippen LogP contribution in [-0.4, -0.2) is 56.8 Å². The zero-order valence-corrected chi connectivity index (χ0v) is 19.1. The summed E-state index contributed by atoms with van der Waals surface area (Å²) in [6, 6.07) is 0. The number of thiol groups is 2. The van der Waals surface area contributed by atoms with Gasteiger partial charge in [0.2, 0.25) is 0 Å². The number of rotatable bonds is 9. The van der Waals surface area contributed by atoms with E-state index in [1.54, 1.807) is 0 Å². The lowest BCUT2D eigenvalue weighted by molar-refractivity contribution is -0.397. The molecular weight excluding hydrogens is 615 g/mol. The third-order valence-corrected chi connectivity index (χ3v) is 6.02. The number of nitrogens with zero attached hydrogens (tertiary/aromatic N) is 2. The summed E-state index contributed by atoms with van der Waals surface area (Å²) in [7, 11) is 0. The maximum Gasteiger partial charge on any atom is 0.460 e. The van der Waals surface area contributed by atoms with Gasteiger partial charge in [-0.05, 0) is 12.2 Å². The molecular formula is C14H9F17N2S3. The summed E-state index contributed by atoms with van der Waals surface area (Å²) in [5.74, 6) is -46.5. The van der Waals surface area contributed by atoms with Crippen LogP contribution < -0.4 is 0 Å². The van der Waals surface area contributed by atoms with Crippen LogP contribution in [-0.2, 0) is 13.1 Å². The highest BCUT2D eigenvalue weighted by Crippen LogP contribution is 2.55. The van der Waals surface area contributed by atoms with Crippen molar-refractivity contribution in [3.8, 4) is 0 Å². The van der Waals surface area contributed by atoms with Crippen LogP contribution in [0.25, 0.3) is 0 Å². The second-order valence-electron chi connectivity index (χ2n) is 7.19. The molecule has 0 aromatic carbocycles. The molecule has 0 spiro atoms. The van der Waals surface area contributed by atoms with Gasteiger partial charge in [-0.15, -0.1) is 25.3 Å². The normalized spacial score (nSPS) is 15.6. The quantitative estimate of drug-likeness (QED) is 0.163. The lowest BCUT2D eigenvalue weighted by Crippen LogP contribution is -2.62. The van der Waals surface area contributed by atoms with Crippen LogP contribution >= 0.6 is 37.5 Å². The van der Waals surface area contributed by atoms with Crippen molar-refractivity contribution in [1.82, 2.24) is 9.13 Å². The number of hydrogen-bond acceptors (Lipinski definition) is 3. The molecule has 0 N–H and O–H groups in total. The second-order valence-corrected chi connectivity index (χ2v) is 8.41. The van der Waals surface area contributed by atoms with Crippen LogP contribution in [0.5, 0.6) is 0 Å². The van der Waals surface area contributed by atoms with Crippen LogP contribution in [0.4, 0.5) is 74.6 Å². The minimum Gasteiger partial charge on any atom is -0.305 e. The molecule has 0 saturated carbocycles. The smallest absolute Gasteiger partial charge is 0.305 e. The standard InChI is InChI=1S/C14H9F17N2S3/c1-7(15,16)10(21,22)11(23,24)8(17,18)2-32-4(34)5(35)33(6(32)36)3-9(19,20)12(25,26)13(27,28)14(29,30)31/h34-35H,2-3H2,1H3. The summed E-state index contributed by atoms with van der Waals surface area (Å²) >= 11 is 10.8. The molecule has 0 aliphatic carbocycles. The van der Waals surface area contributed by atoms with E-state index in [1.807, 2.05) is 0 Å². The Morgan fingerprint density at radius 1 is 0.556 bits per heavy atom. The molecule has 0 unspecified atom stereocenters. The Balaban J connectivity index is 3.58. The van der Waals surface area contributed by atoms with Crippen molar-refractivity contribution in [2.24, 2.45) is 0 Å². The fourth-order valence-corrected chi connectivity index (χ4v) is 3.38. The zero-order chi connectivity index (χ0) is 29.3. The summed E-state index contributed by atoms with van der Waals surface area (Å²) in [6.07, 6.45) is -7.22. The number of hydrogen-bond donors (Lipinski definition) is 2. The first-order valence-corrected chi connectivity index (χ1v) is 9.65. The van der Waals surface area contributed by atoms with Gasteiger partial charge in [0.05, 0.1) is 13.1 Å². The van der Waals surface area contributed by atoms with E-state index in [2.05, 4.69) is 37.5 Å². The van der Waals surface area contributed by atoms with Crippen LogP contribution in [0.15, 0.2) is 10.1 Å². The molecule has 36 heavy (non-hydrogen) atoms. The summed E-state index contributed by atoms with van der Waals surface area (Å²) in [5.41, 5.74) is 0. The van der Waals surface area contributed by atoms with E-state index in [-0.39, 0.29) is 0 Å². The maximum atomic E-state index is 14.0. The zero-order valence-electron chi connectivity index (χ0n) is 16.5. The average Bonchev–Trinajstić information content (AvgIpc) is 2.83. The number of imidazole rings is 1. The third-order valence-electron chi connectivity index (χ3n) is 4.50. The van der Waals surface area contributed by atoms with E-state index in [9.17, 15) is 74.6 Å². The largest absolute Gasteiger partial charge is 0.460 e. The summed E-state index contributed by atoms with van der Waals surface area (Å²) < 4.78 is 222. The molecule has 0 bridgehead atoms. The van der Waals surface area contributed by atoms with Gasteiger partial charge < -0.3 is 9.13 Å². The molecule has 22 heteroatoms. The Labute approximate surface area is 204 Å². The predicted molar refractivity (Wildman–Crippen MR) is 94.1 cm³/mol. The Bertz CT molecular complexity index is 953. The highest BCUT2D eigenvalue weighted by atomic mass is 32.1. The van der Waals surface area contributed by atoms with Gasteiger partial charge in [-0.2, -0.15) is 74.6 Å². The lowest BCUT2D eigenvalue weighted by atomic mass is 9.99. The molecule has 1 heterocycles. The van der Waals surface area contributed by atoms with Crippen LogP contribution in [0.2, 0.25) is 0 Å². The topological polar surface area (TPSA) is 9.86 Å². The van der Waals surface area contributed by atoms with Gasteiger partial charge in [-0.3, -0.25) is 0 Å². The lowest BCUT2D eigenvalue weighted by Gasteiger charge is -2.35. The van der Waals surface area contributed by atoms with Gasteiger partial charge in [0.1, 0.15) is 10.1 Å². The molecule has 0 amide bonds. The van der Waals surface area contributed by atoms with E-state index in [0.717, 1.165) is 0 Å². The SMILES string of the molecule is CC(F)(F)C(F)(F)C(F)(F)C(F)(F)Cn1c(S)c(S)n(CC(F)(F)C(F)(F)C(F)(F)C(F)(F)F)c1=S.